The lowest BCUT2D eigenvalue weighted by Gasteiger charge is -2.32. The van der Waals surface area contributed by atoms with Crippen LogP contribution in [0, 0.1) is 13.8 Å². The number of Topliss-reactive ketones (excluding diaryl/α,β-unsaturated/α-hetero) is 1. The minimum atomic E-state index is -1.12. The van der Waals surface area contributed by atoms with Crippen molar-refractivity contribution in [2.24, 2.45) is 5.73 Å². The molecule has 8 aromatic carbocycles. The Balaban J connectivity index is 0.000000157. The van der Waals surface area contributed by atoms with E-state index < -0.39 is 30.0 Å². The molecule has 32 heteroatoms. The van der Waals surface area contributed by atoms with Gasteiger partial charge in [0.25, 0.3) is 17.7 Å². The number of morpholine rings is 3. The molecule has 2 aromatic heterocycles. The maximum Gasteiger partial charge on any atom is 0.501 e. The summed E-state index contributed by atoms with van der Waals surface area (Å²) in [5.41, 5.74) is 23.0. The van der Waals surface area contributed by atoms with Gasteiger partial charge < -0.3 is 88.6 Å². The zero-order chi connectivity index (χ0) is 103. The summed E-state index contributed by atoms with van der Waals surface area (Å²) in [6.45, 7) is 45.6. The lowest BCUT2D eigenvalue weighted by molar-refractivity contribution is -0.135. The van der Waals surface area contributed by atoms with Crippen LogP contribution in [0.2, 0.25) is 0 Å². The summed E-state index contributed by atoms with van der Waals surface area (Å²) in [6.07, 6.45) is 2.35. The van der Waals surface area contributed by atoms with Gasteiger partial charge in [-0.15, -0.1) is 0 Å². The molecule has 0 unspecified atom stereocenters. The summed E-state index contributed by atoms with van der Waals surface area (Å²) in [7, 11) is -1.12. The summed E-state index contributed by atoms with van der Waals surface area (Å²) in [4.78, 5) is 104. The van der Waals surface area contributed by atoms with E-state index >= 15 is 0 Å². The van der Waals surface area contributed by atoms with E-state index in [-0.39, 0.29) is 93.7 Å². The Hall–Kier alpha value is -12.4. The number of aryl methyl sites for hydroxylation is 2. The van der Waals surface area contributed by atoms with E-state index in [1.165, 1.54) is 22.8 Å². The van der Waals surface area contributed by atoms with Gasteiger partial charge in [0.05, 0.1) is 104 Å². The first-order valence-corrected chi connectivity index (χ1v) is 51.1. The third kappa shape index (κ3) is 26.3. The van der Waals surface area contributed by atoms with Crippen LogP contribution in [0.5, 0.6) is 23.0 Å². The number of benzene rings is 8. The summed E-state index contributed by atoms with van der Waals surface area (Å²) in [5, 5.41) is 37.9. The van der Waals surface area contributed by atoms with E-state index in [0.717, 1.165) is 150 Å². The van der Waals surface area contributed by atoms with Crippen LogP contribution < -0.4 is 31.2 Å². The number of ketones is 1. The van der Waals surface area contributed by atoms with Gasteiger partial charge >= 0.3 is 7.12 Å². The van der Waals surface area contributed by atoms with E-state index in [2.05, 4.69) is 134 Å². The Morgan fingerprint density at radius 1 is 0.458 bits per heavy atom. The number of ether oxygens (including phenoxy) is 5. The van der Waals surface area contributed by atoms with Crippen LogP contribution in [0.25, 0.3) is 44.9 Å². The van der Waals surface area contributed by atoms with Crippen molar-refractivity contribution in [3.05, 3.63) is 257 Å². The average molecular weight is 2030 g/mol. The molecule has 9 heterocycles. The first-order valence-electron chi connectivity index (χ1n) is 50.3. The number of likely N-dealkylation sites (N-methyl/N-ethyl adjacent to an activating group) is 1. The van der Waals surface area contributed by atoms with Gasteiger partial charge in [0, 0.05) is 109 Å². The number of nitrogens with zero attached hydrogens (tertiary/aromatic N) is 8. The fourth-order valence-electron chi connectivity index (χ4n) is 18.8. The number of aromatic hydroxyl groups is 2. The molecule has 4 saturated heterocycles. The highest BCUT2D eigenvalue weighted by Crippen LogP contribution is 2.48. The van der Waals surface area contributed by atoms with Crippen LogP contribution in [-0.4, -0.2) is 247 Å². The van der Waals surface area contributed by atoms with Crippen LogP contribution in [0.3, 0.4) is 0 Å². The Morgan fingerprint density at radius 2 is 0.847 bits per heavy atom. The molecule has 0 aliphatic carbocycles. The Kier molecular flexibility index (Phi) is 36.6. The molecule has 0 radical (unpaired) electrons. The Labute approximate surface area is 853 Å². The van der Waals surface area contributed by atoms with Gasteiger partial charge in [0.2, 0.25) is 17.7 Å². The number of phenolic OH excluding ortho intramolecular Hbond substituents is 2. The standard InChI is InChI=1S/C38H44N4O5.C30H36N4O6.C29H39BN2O5.C15H19BrN2O2/c1-5-39-38(44)36-35(29-11-12-30-22-42(14-13-28(30)20-29)34(43)23-41-15-17-45-18-16-41)37(47-40-36)32-21-31(25(2)3)26(4)19-33(32)46-24-27-9-7-6-8-10-27;1-4-31-30(38)28-27(29(40-32-28)23-14-22(18(2)3)24(35)15-25(23)36)20-5-6-21-16-34(8-7-19(21)13-20)26(37)17-33-9-11-39-12-10-33;1-9-32-27(34)25(31)24(30-36-28(5,6)29(7,8)37-30)26(33)22-16-21(18(2)3)19(4)15-23(22)35-17-20-13-11-10-12-14-20;16-14-2-1-13-10-18(4-3-12(13)9-14)15(19)11-17-5-7-20-8-6-17/h6-12,19-21,25H,5,13-18,22-24H2,1-4H3,(H,39,44);5-6,13-15,18,35-36H,4,7-12,16-17H2,1-3H3,(H,31,38);10-16,18H,9,17,31H2,1-8H3,(H,32,34);1-2,9H,3-8,10-11H2. The second kappa shape index (κ2) is 49.0. The molecule has 7 aliphatic rings. The fourth-order valence-corrected chi connectivity index (χ4v) is 19.2. The third-order valence-corrected chi connectivity index (χ3v) is 28.2. The zero-order valence-corrected chi connectivity index (χ0v) is 87.3. The molecule has 4 fully saturated rings. The third-order valence-electron chi connectivity index (χ3n) is 27.7. The quantitative estimate of drug-likeness (QED) is 0.0151. The molecule has 764 valence electrons. The van der Waals surface area contributed by atoms with Crippen LogP contribution in [0.4, 0.5) is 0 Å². The highest BCUT2D eigenvalue weighted by Gasteiger charge is 2.55. The maximum atomic E-state index is 14.3. The molecular weight excluding hydrogens is 1890 g/mol. The zero-order valence-electron chi connectivity index (χ0n) is 85.7. The normalized spacial score (nSPS) is 16.4. The number of amides is 6. The molecule has 0 spiro atoms. The fraction of sp³-hybridized carbons (Fsp3) is 0.438. The van der Waals surface area contributed by atoms with Gasteiger partial charge in [-0.25, -0.2) is 0 Å². The van der Waals surface area contributed by atoms with Crippen molar-refractivity contribution in [1.82, 2.24) is 55.7 Å². The Bertz CT molecular complexity index is 6240. The molecule has 17 rings (SSSR count). The number of phenols is 2. The van der Waals surface area contributed by atoms with Crippen molar-refractivity contribution in [1.29, 1.82) is 0 Å². The molecule has 30 nitrogen and oxygen atoms in total. The minimum Gasteiger partial charge on any atom is -0.508 e. The number of hydrogen-bond acceptors (Lipinski definition) is 24. The van der Waals surface area contributed by atoms with E-state index in [9.17, 15) is 43.8 Å². The van der Waals surface area contributed by atoms with E-state index in [4.69, 9.17) is 47.8 Å². The number of carbonyl (C=O) groups excluding carboxylic acids is 7. The molecular formula is C112H138BBrN12O18. The monoisotopic (exact) mass is 2030 g/mol. The van der Waals surface area contributed by atoms with E-state index in [0.29, 0.717) is 150 Å². The highest BCUT2D eigenvalue weighted by molar-refractivity contribution is 9.10. The molecule has 7 N–H and O–H groups in total. The SMILES string of the molecule is CCNC(=O)C(N)=C(B1OC(C)(C)C(C)(C)O1)C(=O)c1cc(C(C)C)c(C)cc1OCc1ccccc1.CCNC(=O)c1noc(-c2cc(C(C)C)c(C)cc2OCc2ccccc2)c1-c1ccc2c(c1)CCN(C(=O)CN1CCOCC1)C2.CCNC(=O)c1noc(-c2cc(C(C)C)c(O)cc2O)c1-c1ccc2c(c1)CCN(C(=O)CN1CCOCC1)C2.O=C(CN1CCOCC1)N1CCc2cc(Br)ccc2C1. The van der Waals surface area contributed by atoms with Gasteiger partial charge in [0.1, 0.15) is 41.9 Å². The smallest absolute Gasteiger partial charge is 0.501 e. The molecule has 6 amide bonds. The summed E-state index contributed by atoms with van der Waals surface area (Å²) in [6, 6.07) is 49.0. The summed E-state index contributed by atoms with van der Waals surface area (Å²) >= 11 is 3.50. The number of rotatable bonds is 28. The van der Waals surface area contributed by atoms with Gasteiger partial charge in [-0.1, -0.05) is 171 Å². The number of carbonyl (C=O) groups is 7. The van der Waals surface area contributed by atoms with Crippen LogP contribution in [-0.2, 0) is 94.8 Å². The largest absolute Gasteiger partial charge is 0.508 e. The number of fused-ring (bicyclic) bond motifs is 3. The number of nitrogens with two attached hydrogens (primary N) is 1. The van der Waals surface area contributed by atoms with Gasteiger partial charge in [-0.3, -0.25) is 48.3 Å². The van der Waals surface area contributed by atoms with Crippen molar-refractivity contribution in [3.8, 4) is 67.9 Å². The van der Waals surface area contributed by atoms with Gasteiger partial charge in [0.15, 0.2) is 28.7 Å². The summed E-state index contributed by atoms with van der Waals surface area (Å²) in [5.74, 6) is 0.864. The first-order chi connectivity index (χ1) is 69.1. The molecule has 0 saturated carbocycles. The number of aromatic nitrogens is 2. The van der Waals surface area contributed by atoms with Crippen molar-refractivity contribution >= 4 is 64.3 Å². The highest BCUT2D eigenvalue weighted by atomic mass is 79.9. The predicted octanol–water partition coefficient (Wildman–Crippen LogP) is 16.0. The van der Waals surface area contributed by atoms with Gasteiger partial charge in [-0.05, 0) is 225 Å². The lowest BCUT2D eigenvalue weighted by atomic mass is 9.72. The second-order valence-electron chi connectivity index (χ2n) is 39.4. The maximum absolute atomic E-state index is 14.3. The second-order valence-corrected chi connectivity index (χ2v) is 40.3. The lowest BCUT2D eigenvalue weighted by Crippen LogP contribution is -2.46. The van der Waals surface area contributed by atoms with Crippen molar-refractivity contribution < 1.29 is 85.8 Å². The molecule has 0 bridgehead atoms. The van der Waals surface area contributed by atoms with Crippen molar-refractivity contribution in [3.63, 3.8) is 0 Å². The number of hydrogen-bond donors (Lipinski definition) is 6. The van der Waals surface area contributed by atoms with Crippen LogP contribution >= 0.6 is 15.9 Å². The average Bonchev–Trinajstić information content (AvgIpc) is 1.61. The first kappa shape index (κ1) is 107. The predicted molar refractivity (Wildman–Crippen MR) is 557 cm³/mol. The minimum absolute atomic E-state index is 0.00812. The molecule has 0 atom stereocenters. The van der Waals surface area contributed by atoms with Crippen molar-refractivity contribution in [2.45, 2.75) is 185 Å². The Morgan fingerprint density at radius 3 is 1.27 bits per heavy atom. The number of halogens is 1. The van der Waals surface area contributed by atoms with Crippen molar-refractivity contribution in [2.75, 3.05) is 138 Å². The number of allylic oxidation sites excluding steroid dienone is 1. The molecule has 7 aliphatic heterocycles. The van der Waals surface area contributed by atoms with Gasteiger partial charge in [-0.2, -0.15) is 0 Å². The van der Waals surface area contributed by atoms with E-state index in [1.807, 2.05) is 174 Å². The molecule has 10 aromatic rings. The molecule has 144 heavy (non-hydrogen) atoms. The van der Waals surface area contributed by atoms with E-state index in [1.54, 1.807) is 13.0 Å². The van der Waals surface area contributed by atoms with Crippen LogP contribution in [0.15, 0.2) is 176 Å². The van der Waals surface area contributed by atoms with Crippen LogP contribution in [0.1, 0.15) is 211 Å². The number of nitrogens with one attached hydrogen (secondary N) is 3. The summed E-state index contributed by atoms with van der Waals surface area (Å²) < 4.78 is 54.0. The topological polar surface area (TPSA) is 358 Å².